The van der Waals surface area contributed by atoms with Crippen LogP contribution in [0, 0.1) is 0 Å². The molecule has 0 spiro atoms. The van der Waals surface area contributed by atoms with Crippen LogP contribution in [0.4, 0.5) is 0 Å². The fourth-order valence-corrected chi connectivity index (χ4v) is 3.50. The highest BCUT2D eigenvalue weighted by molar-refractivity contribution is 7.07. The SMILES string of the molecule is CCCNC1CC(c2ccsc2)Oc2ccc(Cl)cc21. The molecule has 106 valence electrons. The first-order chi connectivity index (χ1) is 9.78. The van der Waals surface area contributed by atoms with Gasteiger partial charge < -0.3 is 10.1 Å². The molecule has 0 aliphatic carbocycles. The lowest BCUT2D eigenvalue weighted by Gasteiger charge is -2.32. The molecule has 0 fully saturated rings. The summed E-state index contributed by atoms with van der Waals surface area (Å²) in [6.45, 7) is 3.19. The van der Waals surface area contributed by atoms with Crippen LogP contribution < -0.4 is 10.1 Å². The maximum Gasteiger partial charge on any atom is 0.126 e. The van der Waals surface area contributed by atoms with E-state index in [2.05, 4.69) is 29.1 Å². The molecule has 1 N–H and O–H groups in total. The van der Waals surface area contributed by atoms with E-state index in [0.29, 0.717) is 6.04 Å². The van der Waals surface area contributed by atoms with E-state index in [1.165, 1.54) is 11.1 Å². The van der Waals surface area contributed by atoms with Crippen LogP contribution in [-0.2, 0) is 0 Å². The zero-order valence-electron chi connectivity index (χ0n) is 11.4. The summed E-state index contributed by atoms with van der Waals surface area (Å²) in [5.74, 6) is 0.949. The van der Waals surface area contributed by atoms with Crippen LogP contribution in [0.3, 0.4) is 0 Å². The first-order valence-corrected chi connectivity index (χ1v) is 8.31. The van der Waals surface area contributed by atoms with E-state index in [1.54, 1.807) is 11.3 Å². The number of ether oxygens (including phenoxy) is 1. The molecular formula is C16H18ClNOS. The van der Waals surface area contributed by atoms with Gasteiger partial charge in [-0.25, -0.2) is 0 Å². The molecule has 20 heavy (non-hydrogen) atoms. The van der Waals surface area contributed by atoms with Crippen molar-refractivity contribution in [2.24, 2.45) is 0 Å². The smallest absolute Gasteiger partial charge is 0.126 e. The van der Waals surface area contributed by atoms with Gasteiger partial charge in [0.2, 0.25) is 0 Å². The van der Waals surface area contributed by atoms with Gasteiger partial charge in [0, 0.05) is 28.6 Å². The second-order valence-electron chi connectivity index (χ2n) is 5.09. The maximum atomic E-state index is 6.15. The van der Waals surface area contributed by atoms with E-state index in [0.717, 1.165) is 30.2 Å². The number of nitrogens with one attached hydrogen (secondary N) is 1. The summed E-state index contributed by atoms with van der Waals surface area (Å²) in [4.78, 5) is 0. The predicted molar refractivity (Wildman–Crippen MR) is 84.8 cm³/mol. The Hall–Kier alpha value is -1.03. The number of benzene rings is 1. The van der Waals surface area contributed by atoms with Crippen molar-refractivity contribution < 1.29 is 4.74 Å². The Morgan fingerprint density at radius 1 is 1.40 bits per heavy atom. The first kappa shape index (κ1) is 13.9. The Kier molecular flexibility index (Phi) is 4.29. The Morgan fingerprint density at radius 3 is 3.05 bits per heavy atom. The summed E-state index contributed by atoms with van der Waals surface area (Å²) in [7, 11) is 0. The Balaban J connectivity index is 1.90. The Morgan fingerprint density at radius 2 is 2.30 bits per heavy atom. The highest BCUT2D eigenvalue weighted by Crippen LogP contribution is 2.42. The molecule has 3 rings (SSSR count). The van der Waals surface area contributed by atoms with Gasteiger partial charge in [0.25, 0.3) is 0 Å². The topological polar surface area (TPSA) is 21.3 Å². The Bertz CT molecular complexity index is 570. The molecule has 2 atom stereocenters. The standard InChI is InChI=1S/C16H18ClNOS/c1-2-6-18-14-9-16(11-5-7-20-10-11)19-15-4-3-12(17)8-13(14)15/h3-5,7-8,10,14,16,18H,2,6,9H2,1H3. The third-order valence-electron chi connectivity index (χ3n) is 3.62. The molecule has 0 saturated carbocycles. The number of halogens is 1. The average molecular weight is 308 g/mol. The van der Waals surface area contributed by atoms with E-state index in [1.807, 2.05) is 18.2 Å². The molecule has 4 heteroatoms. The van der Waals surface area contributed by atoms with Gasteiger partial charge in [-0.1, -0.05) is 18.5 Å². The van der Waals surface area contributed by atoms with E-state index in [4.69, 9.17) is 16.3 Å². The molecule has 0 saturated heterocycles. The van der Waals surface area contributed by atoms with Gasteiger partial charge in [-0.15, -0.1) is 0 Å². The van der Waals surface area contributed by atoms with Gasteiger partial charge in [-0.2, -0.15) is 11.3 Å². The third-order valence-corrected chi connectivity index (χ3v) is 4.56. The quantitative estimate of drug-likeness (QED) is 0.861. The molecule has 1 aliphatic rings. The fraction of sp³-hybridized carbons (Fsp3) is 0.375. The minimum Gasteiger partial charge on any atom is -0.485 e. The lowest BCUT2D eigenvalue weighted by atomic mass is 9.94. The second kappa shape index (κ2) is 6.17. The van der Waals surface area contributed by atoms with E-state index in [9.17, 15) is 0 Å². The van der Waals surface area contributed by atoms with Crippen molar-refractivity contribution in [1.82, 2.24) is 5.32 Å². The van der Waals surface area contributed by atoms with E-state index in [-0.39, 0.29) is 6.10 Å². The fourth-order valence-electron chi connectivity index (χ4n) is 2.62. The van der Waals surface area contributed by atoms with Crippen molar-refractivity contribution in [3.05, 3.63) is 51.2 Å². The molecule has 2 unspecified atom stereocenters. The molecule has 2 aromatic rings. The minimum atomic E-state index is 0.129. The van der Waals surface area contributed by atoms with Crippen LogP contribution in [-0.4, -0.2) is 6.54 Å². The van der Waals surface area contributed by atoms with Crippen LogP contribution in [0.5, 0.6) is 5.75 Å². The van der Waals surface area contributed by atoms with Crippen molar-refractivity contribution in [3.63, 3.8) is 0 Å². The molecule has 1 aromatic carbocycles. The number of fused-ring (bicyclic) bond motifs is 1. The van der Waals surface area contributed by atoms with Gasteiger partial charge in [0.15, 0.2) is 0 Å². The normalized spacial score (nSPS) is 21.3. The van der Waals surface area contributed by atoms with Crippen LogP contribution in [0.1, 0.15) is 43.0 Å². The summed E-state index contributed by atoms with van der Waals surface area (Å²) in [5.41, 5.74) is 2.44. The monoisotopic (exact) mass is 307 g/mol. The van der Waals surface area contributed by atoms with Crippen molar-refractivity contribution in [2.75, 3.05) is 6.54 Å². The van der Waals surface area contributed by atoms with Crippen LogP contribution in [0.15, 0.2) is 35.0 Å². The van der Waals surface area contributed by atoms with Crippen molar-refractivity contribution in [1.29, 1.82) is 0 Å². The number of hydrogen-bond donors (Lipinski definition) is 1. The summed E-state index contributed by atoms with van der Waals surface area (Å²) in [5, 5.41) is 8.65. The van der Waals surface area contributed by atoms with Crippen molar-refractivity contribution in [2.45, 2.75) is 31.9 Å². The number of hydrogen-bond acceptors (Lipinski definition) is 3. The third kappa shape index (κ3) is 2.85. The maximum absolute atomic E-state index is 6.15. The van der Waals surface area contributed by atoms with Gasteiger partial charge in [-0.3, -0.25) is 0 Å². The first-order valence-electron chi connectivity index (χ1n) is 6.99. The van der Waals surface area contributed by atoms with E-state index >= 15 is 0 Å². The highest BCUT2D eigenvalue weighted by Gasteiger charge is 2.29. The van der Waals surface area contributed by atoms with Crippen LogP contribution >= 0.6 is 22.9 Å². The molecular weight excluding hydrogens is 290 g/mol. The highest BCUT2D eigenvalue weighted by atomic mass is 35.5. The number of rotatable bonds is 4. The predicted octanol–water partition coefficient (Wildman–Crippen LogP) is 4.97. The zero-order valence-corrected chi connectivity index (χ0v) is 13.0. The summed E-state index contributed by atoms with van der Waals surface area (Å²) in [6.07, 6.45) is 2.20. The molecule has 1 aliphatic heterocycles. The van der Waals surface area contributed by atoms with Crippen molar-refractivity contribution in [3.8, 4) is 5.75 Å². The number of thiophene rings is 1. The van der Waals surface area contributed by atoms with Gasteiger partial charge in [0.1, 0.15) is 11.9 Å². The Labute approximate surface area is 128 Å². The van der Waals surface area contributed by atoms with Gasteiger partial charge in [0.05, 0.1) is 0 Å². The lowest BCUT2D eigenvalue weighted by molar-refractivity contribution is 0.152. The van der Waals surface area contributed by atoms with Crippen LogP contribution in [0.2, 0.25) is 5.02 Å². The summed E-state index contributed by atoms with van der Waals surface area (Å²) in [6, 6.07) is 8.35. The second-order valence-corrected chi connectivity index (χ2v) is 6.30. The molecule has 2 nitrogen and oxygen atoms in total. The molecule has 0 radical (unpaired) electrons. The summed E-state index contributed by atoms with van der Waals surface area (Å²) < 4.78 is 6.15. The van der Waals surface area contributed by atoms with Gasteiger partial charge in [-0.05, 0) is 48.0 Å². The van der Waals surface area contributed by atoms with Crippen LogP contribution in [0.25, 0.3) is 0 Å². The molecule has 0 amide bonds. The zero-order chi connectivity index (χ0) is 13.9. The summed E-state index contributed by atoms with van der Waals surface area (Å²) >= 11 is 7.84. The largest absolute Gasteiger partial charge is 0.485 e. The molecule has 1 aromatic heterocycles. The van der Waals surface area contributed by atoms with E-state index < -0.39 is 0 Å². The minimum absolute atomic E-state index is 0.129. The van der Waals surface area contributed by atoms with Crippen molar-refractivity contribution >= 4 is 22.9 Å². The molecule has 0 bridgehead atoms. The lowest BCUT2D eigenvalue weighted by Crippen LogP contribution is -2.29. The molecule has 2 heterocycles. The van der Waals surface area contributed by atoms with Gasteiger partial charge >= 0.3 is 0 Å². The average Bonchev–Trinajstić information content (AvgIpc) is 2.99.